The monoisotopic (exact) mass is 392 g/mol. The number of benzene rings is 1. The minimum Gasteiger partial charge on any atom is -0.273 e. The molecule has 0 amide bonds. The summed E-state index contributed by atoms with van der Waals surface area (Å²) in [5.41, 5.74) is 1.77. The summed E-state index contributed by atoms with van der Waals surface area (Å²) in [6, 6.07) is 7.06. The van der Waals surface area contributed by atoms with Crippen LogP contribution in [-0.4, -0.2) is 42.1 Å². The van der Waals surface area contributed by atoms with Gasteiger partial charge in [0.05, 0.1) is 10.9 Å². The van der Waals surface area contributed by atoms with Crippen LogP contribution in [0.4, 0.5) is 0 Å². The van der Waals surface area contributed by atoms with E-state index in [0.717, 1.165) is 11.1 Å². The van der Waals surface area contributed by atoms with Crippen LogP contribution in [0.1, 0.15) is 53.5 Å². The maximum Gasteiger partial charge on any atom is 0.245 e. The van der Waals surface area contributed by atoms with Crippen LogP contribution in [0, 0.1) is 12.3 Å². The first-order valence-electron chi connectivity index (χ1n) is 9.58. The highest BCUT2D eigenvalue weighted by Gasteiger charge is 2.53. The minimum absolute atomic E-state index is 0.0264. The van der Waals surface area contributed by atoms with E-state index in [1.54, 1.807) is 12.1 Å². The van der Waals surface area contributed by atoms with E-state index in [2.05, 4.69) is 47.6 Å². The molecule has 1 fully saturated rings. The van der Waals surface area contributed by atoms with E-state index in [0.29, 0.717) is 17.9 Å². The largest absolute Gasteiger partial charge is 0.273 e. The Labute approximate surface area is 164 Å². The Hall–Kier alpha value is -1.21. The molecule has 150 valence electrons. The van der Waals surface area contributed by atoms with E-state index in [1.165, 1.54) is 4.31 Å². The fourth-order valence-corrected chi connectivity index (χ4v) is 5.40. The quantitative estimate of drug-likeness (QED) is 0.711. The van der Waals surface area contributed by atoms with Crippen molar-refractivity contribution in [1.29, 1.82) is 0 Å². The molecule has 2 aliphatic rings. The first-order chi connectivity index (χ1) is 12.3. The molecule has 0 aromatic heterocycles. The van der Waals surface area contributed by atoms with Gasteiger partial charge in [0.1, 0.15) is 0 Å². The zero-order chi connectivity index (χ0) is 20.2. The lowest BCUT2D eigenvalue weighted by Crippen LogP contribution is -2.49. The van der Waals surface area contributed by atoms with Crippen molar-refractivity contribution in [2.75, 3.05) is 6.54 Å². The van der Waals surface area contributed by atoms with Gasteiger partial charge in [0.25, 0.3) is 0 Å². The number of aryl methyl sites for hydroxylation is 1. The van der Waals surface area contributed by atoms with Crippen LogP contribution < -0.4 is 0 Å². The molecule has 1 saturated heterocycles. The molecule has 0 saturated carbocycles. The molecule has 5 nitrogen and oxygen atoms in total. The van der Waals surface area contributed by atoms with Crippen molar-refractivity contribution in [3.8, 4) is 0 Å². The summed E-state index contributed by atoms with van der Waals surface area (Å²) in [5, 5.41) is 1.99. The van der Waals surface area contributed by atoms with Gasteiger partial charge in [0, 0.05) is 12.1 Å². The van der Waals surface area contributed by atoms with Gasteiger partial charge in [-0.25, -0.2) is 8.42 Å². The normalized spacial score (nSPS) is 25.4. The third-order valence-corrected chi connectivity index (χ3v) is 7.01. The number of fused-ring (bicyclic) bond motifs is 1. The van der Waals surface area contributed by atoms with Crippen LogP contribution in [0.25, 0.3) is 0 Å². The van der Waals surface area contributed by atoms with E-state index < -0.39 is 16.3 Å². The van der Waals surface area contributed by atoms with Gasteiger partial charge in [-0.15, -0.1) is 0 Å². The molecule has 1 aromatic rings. The molecule has 2 heterocycles. The van der Waals surface area contributed by atoms with E-state index in [1.807, 2.05) is 24.1 Å². The Morgan fingerprint density at radius 1 is 1.04 bits per heavy atom. The zero-order valence-corrected chi connectivity index (χ0v) is 18.3. The topological polar surface area (TPSA) is 49.9 Å². The van der Waals surface area contributed by atoms with Crippen molar-refractivity contribution < 1.29 is 13.3 Å². The van der Waals surface area contributed by atoms with Gasteiger partial charge in [-0.1, -0.05) is 44.5 Å². The number of nitrogens with zero attached hydrogens (tertiary/aromatic N) is 2. The summed E-state index contributed by atoms with van der Waals surface area (Å²) >= 11 is 0. The van der Waals surface area contributed by atoms with Gasteiger partial charge in [0.15, 0.2) is 6.23 Å². The van der Waals surface area contributed by atoms with Gasteiger partial charge in [-0.2, -0.15) is 9.37 Å². The predicted molar refractivity (Wildman–Crippen MR) is 107 cm³/mol. The molecule has 0 radical (unpaired) electrons. The van der Waals surface area contributed by atoms with Crippen LogP contribution in [0.3, 0.4) is 0 Å². The van der Waals surface area contributed by atoms with E-state index >= 15 is 0 Å². The number of hydrogen-bond donors (Lipinski definition) is 0. The number of hydroxylamine groups is 2. The lowest BCUT2D eigenvalue weighted by atomic mass is 9.79. The van der Waals surface area contributed by atoms with Crippen molar-refractivity contribution in [2.24, 2.45) is 5.41 Å². The van der Waals surface area contributed by atoms with Crippen LogP contribution in [-0.2, 0) is 14.9 Å². The van der Waals surface area contributed by atoms with Crippen molar-refractivity contribution in [3.05, 3.63) is 41.5 Å². The van der Waals surface area contributed by atoms with Crippen molar-refractivity contribution in [3.63, 3.8) is 0 Å². The van der Waals surface area contributed by atoms with E-state index in [9.17, 15) is 8.42 Å². The predicted octanol–water partition coefficient (Wildman–Crippen LogP) is 4.10. The standard InChI is InChI=1S/C21H32N2O3S/c1-15-10-12-16(13-11-15)27(24,25)22-14-8-9-17-18(20(2,3)4)23(21(5,6)7)26-19(17)22/h9-13,18-19H,8,14H2,1-7H3/t18-,19-/m0/s1. The Morgan fingerprint density at radius 3 is 2.15 bits per heavy atom. The highest BCUT2D eigenvalue weighted by molar-refractivity contribution is 7.89. The fourth-order valence-electron chi connectivity index (χ4n) is 3.90. The lowest BCUT2D eigenvalue weighted by Gasteiger charge is -2.40. The summed E-state index contributed by atoms with van der Waals surface area (Å²) in [6.07, 6.45) is 2.30. The molecule has 0 N–H and O–H groups in total. The van der Waals surface area contributed by atoms with Crippen molar-refractivity contribution in [2.45, 2.75) is 77.6 Å². The van der Waals surface area contributed by atoms with Crippen LogP contribution in [0.5, 0.6) is 0 Å². The Kier molecular flexibility index (Phi) is 5.09. The Morgan fingerprint density at radius 2 is 1.63 bits per heavy atom. The molecule has 3 rings (SSSR count). The Bertz CT molecular complexity index is 830. The van der Waals surface area contributed by atoms with Crippen molar-refractivity contribution in [1.82, 2.24) is 9.37 Å². The third-order valence-electron chi connectivity index (χ3n) is 5.15. The molecule has 2 aliphatic heterocycles. The number of sulfonamides is 1. The smallest absolute Gasteiger partial charge is 0.245 e. The van der Waals surface area contributed by atoms with Crippen LogP contribution in [0.15, 0.2) is 40.8 Å². The minimum atomic E-state index is -3.63. The van der Waals surface area contributed by atoms with E-state index in [4.69, 9.17) is 4.84 Å². The molecule has 0 bridgehead atoms. The van der Waals surface area contributed by atoms with E-state index in [-0.39, 0.29) is 17.0 Å². The maximum absolute atomic E-state index is 13.4. The molecular weight excluding hydrogens is 360 g/mol. The van der Waals surface area contributed by atoms with Crippen molar-refractivity contribution >= 4 is 10.0 Å². The van der Waals surface area contributed by atoms with Crippen LogP contribution >= 0.6 is 0 Å². The lowest BCUT2D eigenvalue weighted by molar-refractivity contribution is -0.240. The highest BCUT2D eigenvalue weighted by Crippen LogP contribution is 2.45. The highest BCUT2D eigenvalue weighted by atomic mass is 32.2. The molecule has 1 aromatic carbocycles. The summed E-state index contributed by atoms with van der Waals surface area (Å²) in [4.78, 5) is 6.64. The maximum atomic E-state index is 13.4. The second kappa shape index (κ2) is 6.69. The first-order valence-corrected chi connectivity index (χ1v) is 11.0. The summed E-state index contributed by atoms with van der Waals surface area (Å²) in [7, 11) is -3.63. The summed E-state index contributed by atoms with van der Waals surface area (Å²) < 4.78 is 28.2. The Balaban J connectivity index is 2.03. The molecule has 27 heavy (non-hydrogen) atoms. The SMILES string of the molecule is Cc1ccc(S(=O)(=O)N2CCC=C3[C@@H](C(C)(C)C)N(C(C)(C)C)O[C@@H]32)cc1. The number of hydrogen-bond acceptors (Lipinski definition) is 4. The zero-order valence-electron chi connectivity index (χ0n) is 17.5. The third kappa shape index (κ3) is 3.73. The van der Waals surface area contributed by atoms with Gasteiger partial charge >= 0.3 is 0 Å². The molecular formula is C21H32N2O3S. The molecule has 0 aliphatic carbocycles. The second-order valence-corrected chi connectivity index (χ2v) is 11.5. The average molecular weight is 393 g/mol. The van der Waals surface area contributed by atoms with Gasteiger partial charge in [-0.3, -0.25) is 4.84 Å². The number of rotatable bonds is 2. The average Bonchev–Trinajstić information content (AvgIpc) is 2.95. The molecule has 6 heteroatoms. The second-order valence-electron chi connectivity index (χ2n) is 9.64. The van der Waals surface area contributed by atoms with Gasteiger partial charge < -0.3 is 0 Å². The summed E-state index contributed by atoms with van der Waals surface area (Å²) in [6.45, 7) is 15.2. The first kappa shape index (κ1) is 20.5. The summed E-state index contributed by atoms with van der Waals surface area (Å²) in [5.74, 6) is 0. The molecule has 2 atom stereocenters. The van der Waals surface area contributed by atoms with Gasteiger partial charge in [0.2, 0.25) is 10.0 Å². The van der Waals surface area contributed by atoms with Crippen LogP contribution in [0.2, 0.25) is 0 Å². The molecule has 0 unspecified atom stereocenters. The fraction of sp³-hybridized carbons (Fsp3) is 0.619. The van der Waals surface area contributed by atoms with Gasteiger partial charge in [-0.05, 0) is 57.2 Å². The molecule has 0 spiro atoms.